The molecule has 2 saturated heterocycles. The number of piperidine rings is 1. The summed E-state index contributed by atoms with van der Waals surface area (Å²) in [5, 5.41) is 0. The van der Waals surface area contributed by atoms with Gasteiger partial charge in [-0.3, -0.25) is 24.4 Å². The summed E-state index contributed by atoms with van der Waals surface area (Å²) in [5.41, 5.74) is 1.74. The molecule has 0 saturated carbocycles. The van der Waals surface area contributed by atoms with Gasteiger partial charge in [-0.15, -0.1) is 0 Å². The summed E-state index contributed by atoms with van der Waals surface area (Å²) in [5.74, 6) is 0.274. The molecule has 0 spiro atoms. The van der Waals surface area contributed by atoms with Crippen LogP contribution in [0.3, 0.4) is 0 Å². The molecule has 34 heavy (non-hydrogen) atoms. The van der Waals surface area contributed by atoms with Crippen molar-refractivity contribution in [2.75, 3.05) is 32.7 Å². The van der Waals surface area contributed by atoms with Gasteiger partial charge in [0.25, 0.3) is 0 Å². The second-order valence-electron chi connectivity index (χ2n) is 9.80. The molecule has 1 aromatic heterocycles. The molecule has 0 radical (unpaired) electrons. The van der Waals surface area contributed by atoms with Gasteiger partial charge in [-0.2, -0.15) is 0 Å². The third kappa shape index (κ3) is 6.20. The van der Waals surface area contributed by atoms with E-state index in [0.29, 0.717) is 44.6 Å². The summed E-state index contributed by atoms with van der Waals surface area (Å²) < 4.78 is 5.55. The lowest BCUT2D eigenvalue weighted by Crippen LogP contribution is -2.49. The number of carbonyl (C=O) groups excluding carboxylic acids is 3. The summed E-state index contributed by atoms with van der Waals surface area (Å²) in [6.07, 6.45) is 2.81. The average Bonchev–Trinajstić information content (AvgIpc) is 2.80. The third-order valence-electron chi connectivity index (χ3n) is 6.36. The number of carbonyl (C=O) groups is 3. The molecule has 2 fully saturated rings. The molecule has 2 aliphatic heterocycles. The van der Waals surface area contributed by atoms with Crippen LogP contribution in [0.1, 0.15) is 37.9 Å². The van der Waals surface area contributed by atoms with E-state index >= 15 is 0 Å². The fraction of sp³-hybridized carbons (Fsp3) is 0.462. The van der Waals surface area contributed by atoms with Crippen molar-refractivity contribution in [1.82, 2.24) is 19.7 Å². The molecule has 2 aromatic rings. The van der Waals surface area contributed by atoms with Crippen LogP contribution in [-0.2, 0) is 22.6 Å². The topological polar surface area (TPSA) is 83.1 Å². The molecule has 0 aliphatic carbocycles. The number of hydrogen-bond donors (Lipinski definition) is 0. The Balaban J connectivity index is 1.22. The summed E-state index contributed by atoms with van der Waals surface area (Å²) in [6.45, 7) is 7.81. The molecule has 180 valence electrons. The van der Waals surface area contributed by atoms with E-state index in [1.54, 1.807) is 23.2 Å². The minimum absolute atomic E-state index is 0.105. The van der Waals surface area contributed by atoms with Crippen molar-refractivity contribution in [3.05, 3.63) is 59.9 Å². The highest BCUT2D eigenvalue weighted by atomic mass is 16.6. The number of piperazine rings is 1. The van der Waals surface area contributed by atoms with Crippen molar-refractivity contribution < 1.29 is 19.1 Å². The maximum absolute atomic E-state index is 12.6. The number of amides is 3. The lowest BCUT2D eigenvalue weighted by Gasteiger charge is -2.34. The summed E-state index contributed by atoms with van der Waals surface area (Å²) >= 11 is 0. The van der Waals surface area contributed by atoms with E-state index in [2.05, 4.69) is 9.88 Å². The normalized spacial score (nSPS) is 18.8. The van der Waals surface area contributed by atoms with Crippen molar-refractivity contribution >= 4 is 17.9 Å². The lowest BCUT2D eigenvalue weighted by molar-refractivity contribution is -0.152. The Labute approximate surface area is 200 Å². The summed E-state index contributed by atoms with van der Waals surface area (Å²) in [4.78, 5) is 46.9. The Morgan fingerprint density at radius 3 is 2.26 bits per heavy atom. The molecule has 0 N–H and O–H groups in total. The maximum atomic E-state index is 12.6. The predicted molar refractivity (Wildman–Crippen MR) is 127 cm³/mol. The van der Waals surface area contributed by atoms with Crippen molar-refractivity contribution in [2.45, 2.75) is 39.7 Å². The highest BCUT2D eigenvalue weighted by Gasteiger charge is 2.37. The molecule has 0 unspecified atom stereocenters. The lowest BCUT2D eigenvalue weighted by atomic mass is 9.81. The van der Waals surface area contributed by atoms with Crippen LogP contribution in [0.4, 0.5) is 4.79 Å². The average molecular weight is 465 g/mol. The van der Waals surface area contributed by atoms with Gasteiger partial charge in [0, 0.05) is 58.3 Å². The summed E-state index contributed by atoms with van der Waals surface area (Å²) in [7, 11) is 0. The minimum Gasteiger partial charge on any atom is -0.410 e. The maximum Gasteiger partial charge on any atom is 0.415 e. The number of pyridine rings is 1. The number of benzene rings is 1. The van der Waals surface area contributed by atoms with Gasteiger partial charge in [-0.25, -0.2) is 4.79 Å². The quantitative estimate of drug-likeness (QED) is 0.611. The van der Waals surface area contributed by atoms with Crippen LogP contribution >= 0.6 is 0 Å². The van der Waals surface area contributed by atoms with Gasteiger partial charge in [0.15, 0.2) is 0 Å². The van der Waals surface area contributed by atoms with E-state index in [-0.39, 0.29) is 23.3 Å². The van der Waals surface area contributed by atoms with Gasteiger partial charge < -0.3 is 9.64 Å². The Morgan fingerprint density at radius 1 is 0.971 bits per heavy atom. The van der Waals surface area contributed by atoms with Crippen molar-refractivity contribution in [3.8, 4) is 5.75 Å². The van der Waals surface area contributed by atoms with Crippen LogP contribution in [0.25, 0.3) is 0 Å². The Bertz CT molecular complexity index is 995. The molecule has 1 aromatic carbocycles. The molecule has 0 atom stereocenters. The van der Waals surface area contributed by atoms with E-state index in [4.69, 9.17) is 4.74 Å². The molecule has 4 rings (SSSR count). The number of aromatic nitrogens is 1. The molecule has 2 aliphatic rings. The van der Waals surface area contributed by atoms with E-state index in [9.17, 15) is 14.4 Å². The fourth-order valence-electron chi connectivity index (χ4n) is 4.40. The molecular formula is C26H32N4O4. The van der Waals surface area contributed by atoms with Crippen LogP contribution in [0.15, 0.2) is 48.7 Å². The van der Waals surface area contributed by atoms with Gasteiger partial charge in [0.05, 0.1) is 5.69 Å². The van der Waals surface area contributed by atoms with E-state index in [0.717, 1.165) is 30.9 Å². The van der Waals surface area contributed by atoms with Crippen LogP contribution in [0, 0.1) is 5.41 Å². The Kier molecular flexibility index (Phi) is 7.26. The first-order chi connectivity index (χ1) is 16.3. The second-order valence-corrected chi connectivity index (χ2v) is 9.80. The highest BCUT2D eigenvalue weighted by molar-refractivity contribution is 5.98. The molecule has 3 amide bonds. The first-order valence-electron chi connectivity index (χ1n) is 11.8. The molecule has 8 nitrogen and oxygen atoms in total. The molecular weight excluding hydrogens is 432 g/mol. The standard InChI is InChI=1S/C26H32N4O4/c1-26(2)17-23(31)30(24(32)18-26)12-10-20-6-8-22(9-7-20)34-25(33)29-15-13-28(14-16-29)19-21-5-3-4-11-27-21/h3-9,11H,10,12-19H2,1-2H3. The summed E-state index contributed by atoms with van der Waals surface area (Å²) in [6, 6.07) is 13.1. The van der Waals surface area contributed by atoms with E-state index < -0.39 is 0 Å². The van der Waals surface area contributed by atoms with Gasteiger partial charge in [-0.1, -0.05) is 32.0 Å². The van der Waals surface area contributed by atoms with Crippen molar-refractivity contribution in [1.29, 1.82) is 0 Å². The first kappa shape index (κ1) is 23.9. The number of nitrogens with zero attached hydrogens (tertiary/aromatic N) is 4. The Hall–Kier alpha value is -3.26. The van der Waals surface area contributed by atoms with Gasteiger partial charge in [-0.05, 0) is 41.7 Å². The smallest absolute Gasteiger partial charge is 0.410 e. The van der Waals surface area contributed by atoms with Crippen LogP contribution < -0.4 is 4.74 Å². The molecule has 0 bridgehead atoms. The van der Waals surface area contributed by atoms with E-state index in [1.165, 1.54) is 4.90 Å². The van der Waals surface area contributed by atoms with Crippen LogP contribution in [0.5, 0.6) is 5.75 Å². The minimum atomic E-state index is -0.350. The fourth-order valence-corrected chi connectivity index (χ4v) is 4.40. The van der Waals surface area contributed by atoms with Crippen LogP contribution in [-0.4, -0.2) is 70.3 Å². The Morgan fingerprint density at radius 2 is 1.65 bits per heavy atom. The highest BCUT2D eigenvalue weighted by Crippen LogP contribution is 2.31. The third-order valence-corrected chi connectivity index (χ3v) is 6.36. The zero-order chi connectivity index (χ0) is 24.1. The number of rotatable bonds is 6. The zero-order valence-electron chi connectivity index (χ0n) is 19.9. The van der Waals surface area contributed by atoms with Gasteiger partial charge in [0.2, 0.25) is 11.8 Å². The SMILES string of the molecule is CC1(C)CC(=O)N(CCc2ccc(OC(=O)N3CCN(Cc4ccccn4)CC3)cc2)C(=O)C1. The van der Waals surface area contributed by atoms with Gasteiger partial charge >= 0.3 is 6.09 Å². The van der Waals surface area contributed by atoms with Crippen LogP contribution in [0.2, 0.25) is 0 Å². The molecule has 8 heteroatoms. The first-order valence-corrected chi connectivity index (χ1v) is 11.8. The van der Waals surface area contributed by atoms with E-state index in [1.807, 2.05) is 44.2 Å². The largest absolute Gasteiger partial charge is 0.415 e. The predicted octanol–water partition coefficient (Wildman–Crippen LogP) is 3.12. The number of likely N-dealkylation sites (tertiary alicyclic amines) is 1. The van der Waals surface area contributed by atoms with Gasteiger partial charge in [0.1, 0.15) is 5.75 Å². The monoisotopic (exact) mass is 464 g/mol. The number of hydrogen-bond acceptors (Lipinski definition) is 6. The second kappa shape index (κ2) is 10.3. The number of imide groups is 1. The van der Waals surface area contributed by atoms with Crippen molar-refractivity contribution in [3.63, 3.8) is 0 Å². The van der Waals surface area contributed by atoms with Crippen molar-refractivity contribution in [2.24, 2.45) is 5.41 Å². The molecule has 3 heterocycles. The zero-order valence-corrected chi connectivity index (χ0v) is 19.9. The number of ether oxygens (including phenoxy) is 1.